The highest BCUT2D eigenvalue weighted by molar-refractivity contribution is 7.98. The van der Waals surface area contributed by atoms with Crippen molar-refractivity contribution >= 4 is 17.7 Å². The van der Waals surface area contributed by atoms with Gasteiger partial charge in [-0.05, 0) is 36.3 Å². The van der Waals surface area contributed by atoms with Crippen molar-refractivity contribution in [3.63, 3.8) is 0 Å². The minimum absolute atomic E-state index is 0.103. The van der Waals surface area contributed by atoms with Crippen LogP contribution in [-0.4, -0.2) is 23.4 Å². The molecule has 19 heavy (non-hydrogen) atoms. The van der Waals surface area contributed by atoms with E-state index in [1.54, 1.807) is 11.8 Å². The molecule has 2 N–H and O–H groups in total. The molecule has 0 aliphatic heterocycles. The molecule has 0 radical (unpaired) electrons. The van der Waals surface area contributed by atoms with E-state index in [1.165, 1.54) is 10.5 Å². The molecule has 0 heterocycles. The molecule has 0 bridgehead atoms. The highest BCUT2D eigenvalue weighted by atomic mass is 32.2. The third-order valence-electron chi connectivity index (χ3n) is 3.08. The number of benzene rings is 1. The van der Waals surface area contributed by atoms with Gasteiger partial charge in [-0.25, -0.2) is 0 Å². The Balaban J connectivity index is 2.55. The highest BCUT2D eigenvalue weighted by Gasteiger charge is 2.14. The van der Waals surface area contributed by atoms with Gasteiger partial charge in [0.25, 0.3) is 0 Å². The lowest BCUT2D eigenvalue weighted by Crippen LogP contribution is -2.29. The number of rotatable bonds is 6. The molecule has 106 valence electrons. The lowest BCUT2D eigenvalue weighted by molar-refractivity contribution is -0.123. The number of hydrogen-bond acceptors (Lipinski definition) is 3. The zero-order valence-corrected chi connectivity index (χ0v) is 12.9. The second-order valence-corrected chi connectivity index (χ2v) is 5.96. The van der Waals surface area contributed by atoms with Crippen LogP contribution in [-0.2, 0) is 11.3 Å². The standard InChI is InChI=1S/C15H23NO2S/c1-10(2)13(17)8-15(18)16-9-12-6-5-11(3)7-14(12)19-4/h5-7,10,13,17H,8-9H2,1-4H3,(H,16,18). The van der Waals surface area contributed by atoms with Crippen LogP contribution in [0.2, 0.25) is 0 Å². The van der Waals surface area contributed by atoms with Crippen molar-refractivity contribution in [3.8, 4) is 0 Å². The lowest BCUT2D eigenvalue weighted by atomic mass is 10.0. The molecular formula is C15H23NO2S. The van der Waals surface area contributed by atoms with Crippen molar-refractivity contribution in [1.82, 2.24) is 5.32 Å². The Labute approximate surface area is 119 Å². The fourth-order valence-corrected chi connectivity index (χ4v) is 2.40. The monoisotopic (exact) mass is 281 g/mol. The first-order chi connectivity index (χ1) is 8.93. The summed E-state index contributed by atoms with van der Waals surface area (Å²) in [5, 5.41) is 12.5. The molecule has 0 saturated heterocycles. The van der Waals surface area contributed by atoms with E-state index in [9.17, 15) is 9.90 Å². The summed E-state index contributed by atoms with van der Waals surface area (Å²) in [6.45, 7) is 6.38. The van der Waals surface area contributed by atoms with E-state index in [0.717, 1.165) is 5.56 Å². The van der Waals surface area contributed by atoms with E-state index in [0.29, 0.717) is 6.54 Å². The van der Waals surface area contributed by atoms with Crippen molar-refractivity contribution in [1.29, 1.82) is 0 Å². The average molecular weight is 281 g/mol. The fraction of sp³-hybridized carbons (Fsp3) is 0.533. The third-order valence-corrected chi connectivity index (χ3v) is 3.90. The van der Waals surface area contributed by atoms with Crippen LogP contribution in [0.3, 0.4) is 0 Å². The van der Waals surface area contributed by atoms with Gasteiger partial charge in [0.05, 0.1) is 12.5 Å². The minimum atomic E-state index is -0.571. The zero-order chi connectivity index (χ0) is 14.4. The Bertz CT molecular complexity index is 432. The Morgan fingerprint density at radius 2 is 2.11 bits per heavy atom. The van der Waals surface area contributed by atoms with Gasteiger partial charge in [-0.3, -0.25) is 4.79 Å². The normalized spacial score (nSPS) is 12.5. The summed E-state index contributed by atoms with van der Waals surface area (Å²) in [7, 11) is 0. The van der Waals surface area contributed by atoms with Gasteiger partial charge in [0.2, 0.25) is 5.91 Å². The van der Waals surface area contributed by atoms with Gasteiger partial charge in [-0.15, -0.1) is 11.8 Å². The van der Waals surface area contributed by atoms with Crippen LogP contribution in [0.1, 0.15) is 31.4 Å². The van der Waals surface area contributed by atoms with Gasteiger partial charge in [0.1, 0.15) is 0 Å². The molecule has 1 rings (SSSR count). The van der Waals surface area contributed by atoms with Crippen LogP contribution in [0.4, 0.5) is 0 Å². The lowest BCUT2D eigenvalue weighted by Gasteiger charge is -2.15. The zero-order valence-electron chi connectivity index (χ0n) is 12.1. The number of aryl methyl sites for hydroxylation is 1. The predicted molar refractivity (Wildman–Crippen MR) is 80.3 cm³/mol. The first-order valence-corrected chi connectivity index (χ1v) is 7.74. The SMILES string of the molecule is CSc1cc(C)ccc1CNC(=O)CC(O)C(C)C. The Kier molecular flexibility index (Phi) is 6.38. The van der Waals surface area contributed by atoms with Crippen LogP contribution >= 0.6 is 11.8 Å². The predicted octanol–water partition coefficient (Wildman–Crippen LogP) is 2.74. The molecule has 4 heteroatoms. The van der Waals surface area contributed by atoms with Crippen LogP contribution in [0.5, 0.6) is 0 Å². The minimum Gasteiger partial charge on any atom is -0.392 e. The van der Waals surface area contributed by atoms with Crippen LogP contribution in [0.25, 0.3) is 0 Å². The van der Waals surface area contributed by atoms with E-state index in [2.05, 4.69) is 18.3 Å². The van der Waals surface area contributed by atoms with Gasteiger partial charge in [-0.1, -0.05) is 26.0 Å². The molecule has 0 fully saturated rings. The first-order valence-electron chi connectivity index (χ1n) is 6.52. The summed E-state index contributed by atoms with van der Waals surface area (Å²) < 4.78 is 0. The van der Waals surface area contributed by atoms with Gasteiger partial charge < -0.3 is 10.4 Å². The molecule has 0 aliphatic rings. The number of nitrogens with one attached hydrogen (secondary N) is 1. The summed E-state index contributed by atoms with van der Waals surface area (Å²) in [5.74, 6) is 0.000659. The molecule has 3 nitrogen and oxygen atoms in total. The molecule has 1 amide bonds. The summed E-state index contributed by atoms with van der Waals surface area (Å²) in [5.41, 5.74) is 2.33. The number of hydrogen-bond donors (Lipinski definition) is 2. The molecular weight excluding hydrogens is 258 g/mol. The molecule has 0 aliphatic carbocycles. The Morgan fingerprint density at radius 3 is 2.68 bits per heavy atom. The maximum absolute atomic E-state index is 11.7. The molecule has 1 unspecified atom stereocenters. The van der Waals surface area contributed by atoms with Gasteiger partial charge >= 0.3 is 0 Å². The van der Waals surface area contributed by atoms with Crippen molar-refractivity contribution in [2.24, 2.45) is 5.92 Å². The van der Waals surface area contributed by atoms with E-state index in [1.807, 2.05) is 32.2 Å². The molecule has 0 aromatic heterocycles. The van der Waals surface area contributed by atoms with Crippen LogP contribution in [0.15, 0.2) is 23.1 Å². The van der Waals surface area contributed by atoms with E-state index in [4.69, 9.17) is 0 Å². The number of amides is 1. The quantitative estimate of drug-likeness (QED) is 0.788. The van der Waals surface area contributed by atoms with Crippen molar-refractivity contribution in [2.75, 3.05) is 6.26 Å². The van der Waals surface area contributed by atoms with Crippen molar-refractivity contribution in [2.45, 2.75) is 44.7 Å². The Hall–Kier alpha value is -1.00. The average Bonchev–Trinajstić information content (AvgIpc) is 2.36. The number of thioether (sulfide) groups is 1. The maximum Gasteiger partial charge on any atom is 0.222 e. The summed E-state index contributed by atoms with van der Waals surface area (Å²) in [4.78, 5) is 12.9. The van der Waals surface area contributed by atoms with Gasteiger partial charge in [-0.2, -0.15) is 0 Å². The molecule has 1 aromatic rings. The van der Waals surface area contributed by atoms with E-state index < -0.39 is 6.10 Å². The van der Waals surface area contributed by atoms with E-state index in [-0.39, 0.29) is 18.2 Å². The number of aliphatic hydroxyl groups is 1. The van der Waals surface area contributed by atoms with Crippen LogP contribution in [0, 0.1) is 12.8 Å². The fourth-order valence-electron chi connectivity index (χ4n) is 1.69. The number of carbonyl (C=O) groups excluding carboxylic acids is 1. The van der Waals surface area contributed by atoms with Gasteiger partial charge in [0.15, 0.2) is 0 Å². The first kappa shape index (κ1) is 16.1. The number of aliphatic hydroxyl groups excluding tert-OH is 1. The molecule has 1 atom stereocenters. The maximum atomic E-state index is 11.7. The van der Waals surface area contributed by atoms with Crippen LogP contribution < -0.4 is 5.32 Å². The highest BCUT2D eigenvalue weighted by Crippen LogP contribution is 2.21. The van der Waals surface area contributed by atoms with E-state index >= 15 is 0 Å². The van der Waals surface area contributed by atoms with Crippen molar-refractivity contribution in [3.05, 3.63) is 29.3 Å². The molecule has 0 saturated carbocycles. The number of carbonyl (C=O) groups is 1. The van der Waals surface area contributed by atoms with Gasteiger partial charge in [0, 0.05) is 11.4 Å². The summed E-state index contributed by atoms with van der Waals surface area (Å²) in [6, 6.07) is 6.21. The smallest absolute Gasteiger partial charge is 0.222 e. The molecule has 1 aromatic carbocycles. The largest absolute Gasteiger partial charge is 0.392 e. The van der Waals surface area contributed by atoms with Crippen molar-refractivity contribution < 1.29 is 9.90 Å². The summed E-state index contributed by atoms with van der Waals surface area (Å²) >= 11 is 1.68. The Morgan fingerprint density at radius 1 is 1.42 bits per heavy atom. The molecule has 0 spiro atoms. The summed E-state index contributed by atoms with van der Waals surface area (Å²) in [6.07, 6.45) is 1.62. The second-order valence-electron chi connectivity index (χ2n) is 5.11. The topological polar surface area (TPSA) is 49.3 Å². The third kappa shape index (κ3) is 5.25. The second kappa shape index (κ2) is 7.56.